The zero-order valence-electron chi connectivity index (χ0n) is 18.8. The Morgan fingerprint density at radius 1 is 0.970 bits per heavy atom. The molecular formula is C21H32N4O7S. The van der Waals surface area contributed by atoms with E-state index in [1.165, 1.54) is 37.7 Å². The van der Waals surface area contributed by atoms with Crippen molar-refractivity contribution in [1.82, 2.24) is 16.0 Å². The number of phenols is 1. The van der Waals surface area contributed by atoms with Crippen molar-refractivity contribution < 1.29 is 34.5 Å². The molecule has 0 aliphatic rings. The van der Waals surface area contributed by atoms with E-state index in [-0.39, 0.29) is 18.6 Å². The van der Waals surface area contributed by atoms with Crippen LogP contribution in [0.1, 0.15) is 25.8 Å². The van der Waals surface area contributed by atoms with Gasteiger partial charge in [0.1, 0.15) is 29.9 Å². The van der Waals surface area contributed by atoms with Crippen LogP contribution in [0.15, 0.2) is 24.3 Å². The second-order valence-corrected chi connectivity index (χ2v) is 8.59. The fourth-order valence-corrected chi connectivity index (χ4v) is 3.20. The summed E-state index contributed by atoms with van der Waals surface area (Å²) in [4.78, 5) is 49.1. The topological polar surface area (TPSA) is 191 Å². The molecule has 1 rings (SSSR count). The highest BCUT2D eigenvalue weighted by atomic mass is 32.2. The summed E-state index contributed by atoms with van der Waals surface area (Å²) in [7, 11) is 0. The van der Waals surface area contributed by atoms with E-state index >= 15 is 0 Å². The standard InChI is InChI=1S/C21H32N4O7S/c1-11(23-20(30)17(22)12(2)26)18(28)25-16(10-13-4-6-14(27)7-5-13)19(29)24-15(21(31)32)8-9-33-3/h4-7,11-12,15-17,26-27H,8-10,22H2,1-3H3,(H,23,30)(H,24,29)(H,25,28)(H,31,32)/t11-,12+,15-,16-,17-/m0/s1. The van der Waals surface area contributed by atoms with Crippen molar-refractivity contribution >= 4 is 35.5 Å². The summed E-state index contributed by atoms with van der Waals surface area (Å²) in [5.41, 5.74) is 6.17. The minimum absolute atomic E-state index is 0.0145. The van der Waals surface area contributed by atoms with Crippen molar-refractivity contribution in [2.75, 3.05) is 12.0 Å². The lowest BCUT2D eigenvalue weighted by atomic mass is 10.0. The maximum atomic E-state index is 12.9. The zero-order valence-corrected chi connectivity index (χ0v) is 19.6. The number of nitrogens with two attached hydrogens (primary N) is 1. The summed E-state index contributed by atoms with van der Waals surface area (Å²) >= 11 is 1.43. The van der Waals surface area contributed by atoms with Crippen molar-refractivity contribution in [2.24, 2.45) is 5.73 Å². The SMILES string of the molecule is CSCC[C@H](NC(=O)[C@H](Cc1ccc(O)cc1)NC(=O)[C@H](C)NC(=O)[C@@H](N)[C@@H](C)O)C(=O)O. The first kappa shape index (κ1) is 28.2. The van der Waals surface area contributed by atoms with Gasteiger partial charge in [0.05, 0.1) is 6.10 Å². The van der Waals surface area contributed by atoms with Crippen LogP contribution in [0.25, 0.3) is 0 Å². The molecule has 0 radical (unpaired) electrons. The predicted octanol–water partition coefficient (Wildman–Crippen LogP) is -1.05. The molecule has 184 valence electrons. The molecule has 8 N–H and O–H groups in total. The maximum absolute atomic E-state index is 12.9. The van der Waals surface area contributed by atoms with Crippen LogP contribution >= 0.6 is 11.8 Å². The predicted molar refractivity (Wildman–Crippen MR) is 124 cm³/mol. The molecule has 0 unspecified atom stereocenters. The third kappa shape index (κ3) is 9.68. The number of hydrogen-bond donors (Lipinski definition) is 7. The number of hydrogen-bond acceptors (Lipinski definition) is 8. The minimum Gasteiger partial charge on any atom is -0.508 e. The van der Waals surface area contributed by atoms with Crippen LogP contribution in [-0.2, 0) is 25.6 Å². The van der Waals surface area contributed by atoms with Crippen LogP contribution in [0.2, 0.25) is 0 Å². The highest BCUT2D eigenvalue weighted by Crippen LogP contribution is 2.12. The first-order valence-corrected chi connectivity index (χ1v) is 11.7. The summed E-state index contributed by atoms with van der Waals surface area (Å²) in [6.45, 7) is 2.72. The van der Waals surface area contributed by atoms with Crippen LogP contribution in [-0.4, -0.2) is 81.3 Å². The fraction of sp³-hybridized carbons (Fsp3) is 0.524. The van der Waals surface area contributed by atoms with Gasteiger partial charge in [-0.1, -0.05) is 12.1 Å². The van der Waals surface area contributed by atoms with Crippen molar-refractivity contribution in [2.45, 2.75) is 57.0 Å². The molecular weight excluding hydrogens is 452 g/mol. The van der Waals surface area contributed by atoms with E-state index < -0.39 is 54.0 Å². The van der Waals surface area contributed by atoms with Gasteiger partial charge in [-0.15, -0.1) is 0 Å². The van der Waals surface area contributed by atoms with E-state index in [2.05, 4.69) is 16.0 Å². The molecule has 33 heavy (non-hydrogen) atoms. The largest absolute Gasteiger partial charge is 0.508 e. The number of rotatable bonds is 13. The summed E-state index contributed by atoms with van der Waals surface area (Å²) in [5, 5.41) is 35.6. The Labute approximate surface area is 196 Å². The number of amides is 3. The number of aliphatic carboxylic acids is 1. The average molecular weight is 485 g/mol. The normalized spacial score (nSPS) is 15.4. The second kappa shape index (κ2) is 13.7. The van der Waals surface area contributed by atoms with Crippen molar-refractivity contribution in [3.8, 4) is 5.75 Å². The zero-order chi connectivity index (χ0) is 25.1. The van der Waals surface area contributed by atoms with Gasteiger partial charge < -0.3 is 37.0 Å². The molecule has 0 aliphatic carbocycles. The summed E-state index contributed by atoms with van der Waals surface area (Å²) in [6.07, 6.45) is 0.905. The lowest BCUT2D eigenvalue weighted by Gasteiger charge is -2.24. The van der Waals surface area contributed by atoms with Gasteiger partial charge in [0.15, 0.2) is 0 Å². The van der Waals surface area contributed by atoms with Gasteiger partial charge in [-0.3, -0.25) is 14.4 Å². The number of carboxylic acids is 1. The highest BCUT2D eigenvalue weighted by Gasteiger charge is 2.29. The molecule has 0 spiro atoms. The Hall–Kier alpha value is -2.83. The molecule has 0 heterocycles. The van der Waals surface area contributed by atoms with Gasteiger partial charge in [-0.2, -0.15) is 11.8 Å². The number of benzene rings is 1. The average Bonchev–Trinajstić information content (AvgIpc) is 2.76. The third-order valence-electron chi connectivity index (χ3n) is 4.81. The van der Waals surface area contributed by atoms with Crippen molar-refractivity contribution in [1.29, 1.82) is 0 Å². The number of carbonyl (C=O) groups excluding carboxylic acids is 3. The summed E-state index contributed by atoms with van der Waals surface area (Å²) < 4.78 is 0. The molecule has 0 aromatic heterocycles. The first-order valence-electron chi connectivity index (χ1n) is 10.3. The van der Waals surface area contributed by atoms with Gasteiger partial charge in [0, 0.05) is 6.42 Å². The lowest BCUT2D eigenvalue weighted by molar-refractivity contribution is -0.142. The number of aromatic hydroxyl groups is 1. The molecule has 0 aliphatic heterocycles. The molecule has 5 atom stereocenters. The Bertz CT molecular complexity index is 819. The van der Waals surface area contributed by atoms with E-state index in [1.807, 2.05) is 6.26 Å². The van der Waals surface area contributed by atoms with Crippen LogP contribution in [0.5, 0.6) is 5.75 Å². The fourth-order valence-electron chi connectivity index (χ4n) is 2.73. The van der Waals surface area contributed by atoms with Gasteiger partial charge in [0.2, 0.25) is 17.7 Å². The van der Waals surface area contributed by atoms with Crippen LogP contribution in [0.3, 0.4) is 0 Å². The first-order chi connectivity index (χ1) is 15.5. The number of carbonyl (C=O) groups is 4. The molecule has 0 bridgehead atoms. The Morgan fingerprint density at radius 2 is 1.55 bits per heavy atom. The number of aliphatic hydroxyl groups excluding tert-OH is 1. The van der Waals surface area contributed by atoms with Crippen LogP contribution in [0.4, 0.5) is 0 Å². The molecule has 1 aromatic carbocycles. The van der Waals surface area contributed by atoms with Gasteiger partial charge in [0.25, 0.3) is 0 Å². The Balaban J connectivity index is 2.97. The van der Waals surface area contributed by atoms with E-state index in [9.17, 15) is 34.5 Å². The van der Waals surface area contributed by atoms with E-state index in [4.69, 9.17) is 5.73 Å². The van der Waals surface area contributed by atoms with E-state index in [1.54, 1.807) is 12.1 Å². The molecule has 12 heteroatoms. The number of aliphatic hydroxyl groups is 1. The van der Waals surface area contributed by atoms with E-state index in [0.717, 1.165) is 0 Å². The Morgan fingerprint density at radius 3 is 2.06 bits per heavy atom. The maximum Gasteiger partial charge on any atom is 0.326 e. The number of phenolic OH excluding ortho intramolecular Hbond substituents is 1. The van der Waals surface area contributed by atoms with Crippen LogP contribution in [0, 0.1) is 0 Å². The smallest absolute Gasteiger partial charge is 0.326 e. The number of thioether (sulfide) groups is 1. The number of nitrogens with one attached hydrogen (secondary N) is 3. The van der Waals surface area contributed by atoms with Crippen LogP contribution < -0.4 is 21.7 Å². The Kier molecular flexibility index (Phi) is 11.7. The monoisotopic (exact) mass is 484 g/mol. The van der Waals surface area contributed by atoms with Crippen molar-refractivity contribution in [3.63, 3.8) is 0 Å². The minimum atomic E-state index is -1.23. The lowest BCUT2D eigenvalue weighted by Crippen LogP contribution is -2.57. The van der Waals surface area contributed by atoms with Gasteiger partial charge >= 0.3 is 5.97 Å². The summed E-state index contributed by atoms with van der Waals surface area (Å²) in [6, 6.07) is 1.38. The molecule has 11 nitrogen and oxygen atoms in total. The third-order valence-corrected chi connectivity index (χ3v) is 5.45. The number of carboxylic acid groups (broad SMARTS) is 1. The summed E-state index contributed by atoms with van der Waals surface area (Å²) in [5.74, 6) is -2.80. The van der Waals surface area contributed by atoms with E-state index in [0.29, 0.717) is 11.3 Å². The molecule has 0 saturated carbocycles. The molecule has 3 amide bonds. The molecule has 0 fully saturated rings. The quantitative estimate of drug-likeness (QED) is 0.183. The second-order valence-electron chi connectivity index (χ2n) is 7.61. The van der Waals surface area contributed by atoms with Crippen molar-refractivity contribution in [3.05, 3.63) is 29.8 Å². The highest BCUT2D eigenvalue weighted by molar-refractivity contribution is 7.98. The van der Waals surface area contributed by atoms with Gasteiger partial charge in [-0.05, 0) is 50.0 Å². The van der Waals surface area contributed by atoms with Gasteiger partial charge in [-0.25, -0.2) is 4.79 Å². The molecule has 0 saturated heterocycles. The molecule has 1 aromatic rings.